The number of carbonyl (C=O) groups is 2. The standard InChI is InChI=1S/C16H20N4O3/c1-11(2)9-13(16(22)23-3)18-15(21)14-10-17-20(19-14)12-7-5-4-6-8-12/h4-8,10-11,13H,9H2,1-3H3,(H,18,21). The van der Waals surface area contributed by atoms with Gasteiger partial charge in [0.25, 0.3) is 5.91 Å². The average Bonchev–Trinajstić information content (AvgIpc) is 3.04. The Kier molecular flexibility index (Phi) is 5.46. The van der Waals surface area contributed by atoms with Gasteiger partial charge in [-0.3, -0.25) is 4.79 Å². The number of hydrogen-bond donors (Lipinski definition) is 1. The fourth-order valence-corrected chi connectivity index (χ4v) is 2.11. The highest BCUT2D eigenvalue weighted by Crippen LogP contribution is 2.08. The third-order valence-corrected chi connectivity index (χ3v) is 3.21. The number of amides is 1. The molecule has 1 aromatic heterocycles. The van der Waals surface area contributed by atoms with E-state index in [1.807, 2.05) is 44.2 Å². The van der Waals surface area contributed by atoms with Gasteiger partial charge in [0.1, 0.15) is 6.04 Å². The first-order chi connectivity index (χ1) is 11.0. The molecule has 0 fully saturated rings. The summed E-state index contributed by atoms with van der Waals surface area (Å²) in [7, 11) is 1.30. The van der Waals surface area contributed by atoms with Crippen molar-refractivity contribution in [1.82, 2.24) is 20.3 Å². The number of methoxy groups -OCH3 is 1. The molecule has 1 aromatic carbocycles. The first-order valence-electron chi connectivity index (χ1n) is 7.37. The van der Waals surface area contributed by atoms with E-state index in [1.165, 1.54) is 18.1 Å². The van der Waals surface area contributed by atoms with Crippen LogP contribution in [0, 0.1) is 5.92 Å². The van der Waals surface area contributed by atoms with E-state index in [4.69, 9.17) is 4.74 Å². The third kappa shape index (κ3) is 4.38. The topological polar surface area (TPSA) is 86.1 Å². The number of aromatic nitrogens is 3. The third-order valence-electron chi connectivity index (χ3n) is 3.21. The van der Waals surface area contributed by atoms with Crippen LogP contribution in [0.25, 0.3) is 5.69 Å². The first-order valence-corrected chi connectivity index (χ1v) is 7.37. The molecule has 0 saturated carbocycles. The molecular weight excluding hydrogens is 296 g/mol. The summed E-state index contributed by atoms with van der Waals surface area (Å²) in [5, 5.41) is 10.9. The van der Waals surface area contributed by atoms with Gasteiger partial charge in [-0.1, -0.05) is 32.0 Å². The van der Waals surface area contributed by atoms with Gasteiger partial charge in [-0.2, -0.15) is 9.90 Å². The van der Waals surface area contributed by atoms with Crippen LogP contribution in [0.3, 0.4) is 0 Å². The zero-order valence-corrected chi connectivity index (χ0v) is 13.4. The molecule has 0 radical (unpaired) electrons. The molecule has 1 atom stereocenters. The summed E-state index contributed by atoms with van der Waals surface area (Å²) in [6.07, 6.45) is 1.86. The number of ether oxygens (including phenoxy) is 1. The predicted octanol–water partition coefficient (Wildman–Crippen LogP) is 1.58. The van der Waals surface area contributed by atoms with Crippen molar-refractivity contribution in [3.63, 3.8) is 0 Å². The fraction of sp³-hybridized carbons (Fsp3) is 0.375. The molecule has 0 saturated heterocycles. The molecule has 122 valence electrons. The summed E-state index contributed by atoms with van der Waals surface area (Å²) in [4.78, 5) is 25.4. The van der Waals surface area contributed by atoms with Crippen molar-refractivity contribution in [1.29, 1.82) is 0 Å². The number of esters is 1. The van der Waals surface area contributed by atoms with Crippen LogP contribution in [0.4, 0.5) is 0 Å². The highest BCUT2D eigenvalue weighted by molar-refractivity contribution is 5.94. The zero-order chi connectivity index (χ0) is 16.8. The van der Waals surface area contributed by atoms with Crippen LogP contribution in [-0.4, -0.2) is 40.0 Å². The first kappa shape index (κ1) is 16.7. The molecule has 7 heteroatoms. The van der Waals surface area contributed by atoms with Crippen LogP contribution in [0.1, 0.15) is 30.8 Å². The number of rotatable bonds is 6. The van der Waals surface area contributed by atoms with E-state index in [0.29, 0.717) is 6.42 Å². The number of para-hydroxylation sites is 1. The summed E-state index contributed by atoms with van der Waals surface area (Å²) >= 11 is 0. The molecule has 1 heterocycles. The van der Waals surface area contributed by atoms with Crippen molar-refractivity contribution in [3.05, 3.63) is 42.2 Å². The number of carbonyl (C=O) groups excluding carboxylic acids is 2. The van der Waals surface area contributed by atoms with Crippen LogP contribution < -0.4 is 5.32 Å². The number of nitrogens with one attached hydrogen (secondary N) is 1. The minimum absolute atomic E-state index is 0.145. The van der Waals surface area contributed by atoms with Gasteiger partial charge in [-0.05, 0) is 24.5 Å². The Morgan fingerprint density at radius 3 is 2.57 bits per heavy atom. The summed E-state index contributed by atoms with van der Waals surface area (Å²) < 4.78 is 4.73. The summed E-state index contributed by atoms with van der Waals surface area (Å²) in [5.74, 6) is -0.690. The maximum atomic E-state index is 12.3. The van der Waals surface area contributed by atoms with E-state index in [-0.39, 0.29) is 11.6 Å². The van der Waals surface area contributed by atoms with Gasteiger partial charge in [0.05, 0.1) is 19.0 Å². The molecular formula is C16H20N4O3. The Balaban J connectivity index is 2.11. The van der Waals surface area contributed by atoms with Gasteiger partial charge < -0.3 is 10.1 Å². The normalized spacial score (nSPS) is 12.0. The number of hydrogen-bond acceptors (Lipinski definition) is 5. The minimum atomic E-state index is -0.700. The molecule has 1 unspecified atom stereocenters. The SMILES string of the molecule is COC(=O)C(CC(C)C)NC(=O)c1cnn(-c2ccccc2)n1. The van der Waals surface area contributed by atoms with Crippen molar-refractivity contribution in [2.45, 2.75) is 26.3 Å². The molecule has 0 aliphatic rings. The number of nitrogens with zero attached hydrogens (tertiary/aromatic N) is 3. The van der Waals surface area contributed by atoms with Crippen LogP contribution >= 0.6 is 0 Å². The summed E-state index contributed by atoms with van der Waals surface area (Å²) in [5.41, 5.74) is 0.893. The monoisotopic (exact) mass is 316 g/mol. The van der Waals surface area contributed by atoms with E-state index in [2.05, 4.69) is 15.5 Å². The second-order valence-electron chi connectivity index (χ2n) is 5.53. The number of benzene rings is 1. The lowest BCUT2D eigenvalue weighted by molar-refractivity contribution is -0.143. The van der Waals surface area contributed by atoms with E-state index in [0.717, 1.165) is 5.69 Å². The maximum absolute atomic E-state index is 12.3. The maximum Gasteiger partial charge on any atom is 0.328 e. The fourth-order valence-electron chi connectivity index (χ4n) is 2.11. The average molecular weight is 316 g/mol. The van der Waals surface area contributed by atoms with Gasteiger partial charge in [-0.15, -0.1) is 5.10 Å². The molecule has 23 heavy (non-hydrogen) atoms. The van der Waals surface area contributed by atoms with E-state index in [1.54, 1.807) is 0 Å². The van der Waals surface area contributed by atoms with Crippen LogP contribution in [0.2, 0.25) is 0 Å². The molecule has 7 nitrogen and oxygen atoms in total. The lowest BCUT2D eigenvalue weighted by Gasteiger charge is -2.17. The van der Waals surface area contributed by atoms with Gasteiger partial charge >= 0.3 is 5.97 Å². The Bertz CT molecular complexity index is 667. The molecule has 0 spiro atoms. The lowest BCUT2D eigenvalue weighted by Crippen LogP contribution is -2.42. The smallest absolute Gasteiger partial charge is 0.328 e. The predicted molar refractivity (Wildman–Crippen MR) is 84.1 cm³/mol. The Morgan fingerprint density at radius 1 is 1.26 bits per heavy atom. The quantitative estimate of drug-likeness (QED) is 0.818. The molecule has 2 aromatic rings. The van der Waals surface area contributed by atoms with Gasteiger partial charge in [0.15, 0.2) is 5.69 Å². The van der Waals surface area contributed by atoms with E-state index in [9.17, 15) is 9.59 Å². The van der Waals surface area contributed by atoms with Crippen molar-refractivity contribution < 1.29 is 14.3 Å². The molecule has 1 amide bonds. The van der Waals surface area contributed by atoms with Gasteiger partial charge in [0.2, 0.25) is 0 Å². The minimum Gasteiger partial charge on any atom is -0.467 e. The van der Waals surface area contributed by atoms with Crippen LogP contribution in [0.5, 0.6) is 0 Å². The molecule has 1 N–H and O–H groups in total. The molecule has 0 aliphatic carbocycles. The lowest BCUT2D eigenvalue weighted by atomic mass is 10.0. The molecule has 0 bridgehead atoms. The summed E-state index contributed by atoms with van der Waals surface area (Å²) in [6, 6.07) is 8.56. The van der Waals surface area contributed by atoms with Crippen LogP contribution in [0.15, 0.2) is 36.5 Å². The van der Waals surface area contributed by atoms with Gasteiger partial charge in [0, 0.05) is 0 Å². The highest BCUT2D eigenvalue weighted by atomic mass is 16.5. The second kappa shape index (κ2) is 7.53. The van der Waals surface area contributed by atoms with Crippen molar-refractivity contribution in [3.8, 4) is 5.69 Å². The Morgan fingerprint density at radius 2 is 1.96 bits per heavy atom. The largest absolute Gasteiger partial charge is 0.467 e. The van der Waals surface area contributed by atoms with Crippen LogP contribution in [-0.2, 0) is 9.53 Å². The molecule has 2 rings (SSSR count). The van der Waals surface area contributed by atoms with Crippen molar-refractivity contribution in [2.24, 2.45) is 5.92 Å². The Hall–Kier alpha value is -2.70. The molecule has 0 aliphatic heterocycles. The van der Waals surface area contributed by atoms with E-state index >= 15 is 0 Å². The van der Waals surface area contributed by atoms with Crippen molar-refractivity contribution >= 4 is 11.9 Å². The van der Waals surface area contributed by atoms with E-state index < -0.39 is 17.9 Å². The summed E-state index contributed by atoms with van der Waals surface area (Å²) in [6.45, 7) is 3.93. The second-order valence-corrected chi connectivity index (χ2v) is 5.53. The van der Waals surface area contributed by atoms with Gasteiger partial charge in [-0.25, -0.2) is 4.79 Å². The zero-order valence-electron chi connectivity index (χ0n) is 13.4. The van der Waals surface area contributed by atoms with Crippen molar-refractivity contribution in [2.75, 3.05) is 7.11 Å². The highest BCUT2D eigenvalue weighted by Gasteiger charge is 2.24. The Labute approximate surface area is 134 Å².